The van der Waals surface area contributed by atoms with E-state index in [0.29, 0.717) is 5.92 Å². The first-order valence-electron chi connectivity index (χ1n) is 7.10. The minimum atomic E-state index is 0.613. The van der Waals surface area contributed by atoms with Gasteiger partial charge >= 0.3 is 0 Å². The van der Waals surface area contributed by atoms with Crippen molar-refractivity contribution in [3.8, 4) is 10.4 Å². The Hall–Kier alpha value is -0.320. The van der Waals surface area contributed by atoms with Crippen LogP contribution < -0.4 is 0 Å². The molecular weight excluding hydrogens is 350 g/mol. The van der Waals surface area contributed by atoms with Crippen molar-refractivity contribution >= 4 is 39.9 Å². The summed E-state index contributed by atoms with van der Waals surface area (Å²) < 4.78 is 1.06. The lowest BCUT2D eigenvalue weighted by atomic mass is 9.99. The molecule has 0 bridgehead atoms. The van der Waals surface area contributed by atoms with Gasteiger partial charge in [0.2, 0.25) is 0 Å². The highest BCUT2D eigenvalue weighted by Gasteiger charge is 2.15. The molecule has 2 aromatic rings. The highest BCUT2D eigenvalue weighted by molar-refractivity contribution is 9.10. The molecule has 4 heteroatoms. The summed E-state index contributed by atoms with van der Waals surface area (Å²) in [6.07, 6.45) is 6.90. The number of benzene rings is 1. The molecule has 0 atom stereocenters. The first-order valence-corrected chi connectivity index (χ1v) is 9.16. The van der Waals surface area contributed by atoms with Crippen molar-refractivity contribution in [2.45, 2.75) is 50.3 Å². The molecule has 0 amide bonds. The van der Waals surface area contributed by atoms with Gasteiger partial charge in [0, 0.05) is 27.0 Å². The molecule has 108 valence electrons. The molecule has 1 aromatic carbocycles. The predicted octanol–water partition coefficient (Wildman–Crippen LogP) is 6.55. The molecule has 0 radical (unpaired) electrons. The smallest absolute Gasteiger partial charge is 0.0962 e. The Morgan fingerprint density at radius 3 is 2.55 bits per heavy atom. The lowest BCUT2D eigenvalue weighted by Gasteiger charge is -2.11. The van der Waals surface area contributed by atoms with E-state index < -0.39 is 0 Å². The van der Waals surface area contributed by atoms with E-state index in [0.717, 1.165) is 9.37 Å². The molecular formula is C16H20BrNS2. The van der Waals surface area contributed by atoms with Gasteiger partial charge in [-0.15, -0.1) is 24.0 Å². The molecule has 0 aliphatic heterocycles. The number of hydrogen-bond donors (Lipinski definition) is 1. The fraction of sp³-hybridized carbons (Fsp3) is 0.438. The Labute approximate surface area is 139 Å². The van der Waals surface area contributed by atoms with Crippen molar-refractivity contribution in [1.82, 2.24) is 4.98 Å². The van der Waals surface area contributed by atoms with Gasteiger partial charge in [0.15, 0.2) is 0 Å². The van der Waals surface area contributed by atoms with Crippen molar-refractivity contribution in [3.63, 3.8) is 0 Å². The fourth-order valence-corrected chi connectivity index (χ4v) is 4.48. The van der Waals surface area contributed by atoms with Crippen LogP contribution in [0.4, 0.5) is 0 Å². The summed E-state index contributed by atoms with van der Waals surface area (Å²) in [5.41, 5.74) is 1.17. The standard InChI is InChI=1S/C16H20BrNS2/c1-3-5-11(6-4-2)16-18-10-15(20-16)13-8-7-12(17)9-14(13)19/h7-11,19H,3-6H2,1-2H3. The maximum atomic E-state index is 4.67. The molecule has 1 heterocycles. The summed E-state index contributed by atoms with van der Waals surface area (Å²) >= 11 is 9.87. The van der Waals surface area contributed by atoms with Crippen molar-refractivity contribution in [2.75, 3.05) is 0 Å². The molecule has 0 saturated heterocycles. The molecule has 1 aromatic heterocycles. The molecule has 0 fully saturated rings. The molecule has 0 aliphatic carbocycles. The van der Waals surface area contributed by atoms with Crippen molar-refractivity contribution in [2.24, 2.45) is 0 Å². The van der Waals surface area contributed by atoms with Gasteiger partial charge in [-0.25, -0.2) is 4.98 Å². The minimum Gasteiger partial charge on any atom is -0.249 e. The molecule has 0 spiro atoms. The summed E-state index contributed by atoms with van der Waals surface area (Å²) in [5.74, 6) is 0.613. The van der Waals surface area contributed by atoms with Gasteiger partial charge in [-0.05, 0) is 25.0 Å². The quantitative estimate of drug-likeness (QED) is 0.569. The average molecular weight is 370 g/mol. The van der Waals surface area contributed by atoms with Crippen LogP contribution in [0.15, 0.2) is 33.8 Å². The van der Waals surface area contributed by atoms with Crippen LogP contribution >= 0.6 is 39.9 Å². The average Bonchev–Trinajstić information content (AvgIpc) is 2.88. The maximum absolute atomic E-state index is 4.67. The zero-order chi connectivity index (χ0) is 14.5. The molecule has 0 aliphatic rings. The normalized spacial score (nSPS) is 11.2. The fourth-order valence-electron chi connectivity index (χ4n) is 2.40. The zero-order valence-electron chi connectivity index (χ0n) is 11.9. The lowest BCUT2D eigenvalue weighted by molar-refractivity contribution is 0.558. The van der Waals surface area contributed by atoms with Crippen molar-refractivity contribution < 1.29 is 0 Å². The van der Waals surface area contributed by atoms with Gasteiger partial charge in [-0.1, -0.05) is 48.7 Å². The summed E-state index contributed by atoms with van der Waals surface area (Å²) in [7, 11) is 0. The van der Waals surface area contributed by atoms with Gasteiger partial charge in [0.1, 0.15) is 0 Å². The van der Waals surface area contributed by atoms with Gasteiger partial charge in [-0.3, -0.25) is 0 Å². The topological polar surface area (TPSA) is 12.9 Å². The van der Waals surface area contributed by atoms with Gasteiger partial charge < -0.3 is 0 Å². The first-order chi connectivity index (χ1) is 9.65. The molecule has 0 unspecified atom stereocenters. The zero-order valence-corrected chi connectivity index (χ0v) is 15.2. The second-order valence-corrected chi connectivity index (χ2v) is 7.46. The third-order valence-corrected chi connectivity index (χ3v) is 5.43. The van der Waals surface area contributed by atoms with Crippen LogP contribution in [-0.2, 0) is 0 Å². The monoisotopic (exact) mass is 369 g/mol. The second-order valence-electron chi connectivity index (χ2n) is 5.00. The highest BCUT2D eigenvalue weighted by Crippen LogP contribution is 2.37. The predicted molar refractivity (Wildman–Crippen MR) is 95.1 cm³/mol. The van der Waals surface area contributed by atoms with E-state index in [9.17, 15) is 0 Å². The number of rotatable bonds is 6. The Balaban J connectivity index is 2.27. The van der Waals surface area contributed by atoms with Crippen LogP contribution in [-0.4, -0.2) is 4.98 Å². The third kappa shape index (κ3) is 3.86. The Bertz CT molecular complexity index is 559. The van der Waals surface area contributed by atoms with Crippen LogP contribution in [0.1, 0.15) is 50.5 Å². The summed E-state index contributed by atoms with van der Waals surface area (Å²) in [5, 5.41) is 1.28. The Morgan fingerprint density at radius 2 is 1.95 bits per heavy atom. The molecule has 20 heavy (non-hydrogen) atoms. The van der Waals surface area contributed by atoms with Crippen LogP contribution in [0.5, 0.6) is 0 Å². The van der Waals surface area contributed by atoms with E-state index >= 15 is 0 Å². The minimum absolute atomic E-state index is 0.613. The number of hydrogen-bond acceptors (Lipinski definition) is 3. The maximum Gasteiger partial charge on any atom is 0.0962 e. The SMILES string of the molecule is CCCC(CCC)c1ncc(-c2ccc(Br)cc2S)s1. The van der Waals surface area contributed by atoms with Crippen LogP contribution in [0, 0.1) is 0 Å². The summed E-state index contributed by atoms with van der Waals surface area (Å²) in [4.78, 5) is 6.88. The van der Waals surface area contributed by atoms with E-state index in [1.165, 1.54) is 41.1 Å². The lowest BCUT2D eigenvalue weighted by Crippen LogP contribution is -1.96. The molecule has 2 rings (SSSR count). The van der Waals surface area contributed by atoms with Crippen LogP contribution in [0.2, 0.25) is 0 Å². The number of aromatic nitrogens is 1. The number of thiazole rings is 1. The number of halogens is 1. The van der Waals surface area contributed by atoms with Gasteiger partial charge in [0.25, 0.3) is 0 Å². The first kappa shape index (κ1) is 16.1. The van der Waals surface area contributed by atoms with E-state index in [1.54, 1.807) is 0 Å². The van der Waals surface area contributed by atoms with Crippen LogP contribution in [0.25, 0.3) is 10.4 Å². The molecule has 1 nitrogen and oxygen atoms in total. The van der Waals surface area contributed by atoms with E-state index in [-0.39, 0.29) is 0 Å². The highest BCUT2D eigenvalue weighted by atomic mass is 79.9. The van der Waals surface area contributed by atoms with E-state index in [4.69, 9.17) is 0 Å². The summed E-state index contributed by atoms with van der Waals surface area (Å²) in [6, 6.07) is 6.20. The molecule has 0 saturated carbocycles. The third-order valence-electron chi connectivity index (χ3n) is 3.37. The summed E-state index contributed by atoms with van der Waals surface area (Å²) in [6.45, 7) is 4.50. The Morgan fingerprint density at radius 1 is 1.25 bits per heavy atom. The molecule has 0 N–H and O–H groups in total. The number of thiol groups is 1. The van der Waals surface area contributed by atoms with Crippen LogP contribution in [0.3, 0.4) is 0 Å². The van der Waals surface area contributed by atoms with E-state index in [2.05, 4.69) is 59.5 Å². The van der Waals surface area contributed by atoms with Gasteiger partial charge in [0.05, 0.1) is 9.88 Å². The van der Waals surface area contributed by atoms with Crippen molar-refractivity contribution in [3.05, 3.63) is 33.9 Å². The second kappa shape index (κ2) is 7.62. The largest absolute Gasteiger partial charge is 0.249 e. The van der Waals surface area contributed by atoms with Crippen molar-refractivity contribution in [1.29, 1.82) is 0 Å². The van der Waals surface area contributed by atoms with Gasteiger partial charge in [-0.2, -0.15) is 0 Å². The van der Waals surface area contributed by atoms with E-state index in [1.807, 2.05) is 23.6 Å². The Kier molecular flexibility index (Phi) is 6.12. The number of nitrogens with zero attached hydrogens (tertiary/aromatic N) is 1.